The average molecular weight is 518 g/mol. The number of nitrogens with one attached hydrogen (secondary N) is 1. The highest BCUT2D eigenvalue weighted by Gasteiger charge is 2.29. The zero-order valence-electron chi connectivity index (χ0n) is 23.3. The molecule has 1 aromatic heterocycles. The predicted molar refractivity (Wildman–Crippen MR) is 150 cm³/mol. The van der Waals surface area contributed by atoms with Crippen LogP contribution in [0, 0.1) is 5.92 Å². The SMILES string of the molecule is CC.CC(Oc1cc(-c2ccc3c(c2)CN(C(=O)OC(C)(C)C)CC3)cc2ncccc12)C1CNC(=O)C1. The summed E-state index contributed by atoms with van der Waals surface area (Å²) in [5.74, 6) is 0.969. The third kappa shape index (κ3) is 6.26. The number of nitrogens with zero attached hydrogens (tertiary/aromatic N) is 2. The topological polar surface area (TPSA) is 80.8 Å². The number of pyridine rings is 1. The van der Waals surface area contributed by atoms with E-state index in [1.165, 1.54) is 5.56 Å². The first-order chi connectivity index (χ1) is 18.2. The standard InChI is InChI=1S/C29H33N3O4.C2H6/c1-18(22-15-27(33)31-16-22)35-26-14-21(13-25-24(26)6-5-10-30-25)20-8-7-19-9-11-32(17-23(19)12-20)28(34)36-29(2,3)4;1-2/h5-8,10,12-14,18,22H,9,11,15-17H2,1-4H3,(H,31,33);1-2H3. The van der Waals surface area contributed by atoms with Crippen molar-refractivity contribution in [3.63, 3.8) is 0 Å². The lowest BCUT2D eigenvalue weighted by Gasteiger charge is -2.31. The highest BCUT2D eigenvalue weighted by molar-refractivity contribution is 5.90. The number of ether oxygens (including phenoxy) is 2. The minimum absolute atomic E-state index is 0.0743. The van der Waals surface area contributed by atoms with Crippen molar-refractivity contribution in [3.05, 3.63) is 59.8 Å². The van der Waals surface area contributed by atoms with Gasteiger partial charge in [0.25, 0.3) is 0 Å². The maximum absolute atomic E-state index is 12.7. The van der Waals surface area contributed by atoms with E-state index in [0.717, 1.165) is 39.8 Å². The van der Waals surface area contributed by atoms with Gasteiger partial charge in [0.2, 0.25) is 5.91 Å². The molecule has 0 aliphatic carbocycles. The van der Waals surface area contributed by atoms with Crippen LogP contribution in [-0.2, 0) is 22.5 Å². The monoisotopic (exact) mass is 517 g/mol. The van der Waals surface area contributed by atoms with E-state index in [9.17, 15) is 9.59 Å². The Bertz CT molecular complexity index is 1310. The number of carbonyl (C=O) groups excluding carboxylic acids is 2. The molecule has 1 saturated heterocycles. The maximum atomic E-state index is 12.7. The summed E-state index contributed by atoms with van der Waals surface area (Å²) >= 11 is 0. The van der Waals surface area contributed by atoms with Gasteiger partial charge in [-0.1, -0.05) is 26.0 Å². The molecule has 2 aliphatic rings. The Kier molecular flexibility index (Phi) is 8.24. The van der Waals surface area contributed by atoms with Gasteiger partial charge in [0.15, 0.2) is 0 Å². The van der Waals surface area contributed by atoms with Crippen molar-refractivity contribution >= 4 is 22.9 Å². The molecule has 2 unspecified atom stereocenters. The number of aromatic nitrogens is 1. The molecule has 0 bridgehead atoms. The second kappa shape index (κ2) is 11.4. The number of fused-ring (bicyclic) bond motifs is 2. The molecule has 5 rings (SSSR count). The van der Waals surface area contributed by atoms with Crippen molar-refractivity contribution < 1.29 is 19.1 Å². The minimum Gasteiger partial charge on any atom is -0.490 e. The van der Waals surface area contributed by atoms with Crippen LogP contribution in [0.15, 0.2) is 48.7 Å². The first-order valence-electron chi connectivity index (χ1n) is 13.6. The van der Waals surface area contributed by atoms with Gasteiger partial charge >= 0.3 is 6.09 Å². The van der Waals surface area contributed by atoms with Crippen LogP contribution < -0.4 is 10.1 Å². The van der Waals surface area contributed by atoms with Crippen LogP contribution in [0.1, 0.15) is 59.1 Å². The highest BCUT2D eigenvalue weighted by Crippen LogP contribution is 2.35. The molecule has 7 heteroatoms. The van der Waals surface area contributed by atoms with Crippen molar-refractivity contribution in [1.29, 1.82) is 0 Å². The molecule has 0 radical (unpaired) electrons. The van der Waals surface area contributed by atoms with Crippen LogP contribution >= 0.6 is 0 Å². The lowest BCUT2D eigenvalue weighted by atomic mass is 9.94. The van der Waals surface area contributed by atoms with Gasteiger partial charge in [-0.15, -0.1) is 0 Å². The maximum Gasteiger partial charge on any atom is 0.410 e. The van der Waals surface area contributed by atoms with Gasteiger partial charge in [0, 0.05) is 43.6 Å². The van der Waals surface area contributed by atoms with Crippen molar-refractivity contribution in [2.24, 2.45) is 5.92 Å². The number of carbonyl (C=O) groups is 2. The van der Waals surface area contributed by atoms with E-state index >= 15 is 0 Å². The molecule has 202 valence electrons. The normalized spacial score (nSPS) is 17.7. The molecule has 0 saturated carbocycles. The predicted octanol–water partition coefficient (Wildman–Crippen LogP) is 6.12. The van der Waals surface area contributed by atoms with E-state index in [4.69, 9.17) is 9.47 Å². The summed E-state index contributed by atoms with van der Waals surface area (Å²) in [6.45, 7) is 13.5. The fourth-order valence-corrected chi connectivity index (χ4v) is 4.89. The van der Waals surface area contributed by atoms with Crippen LogP contribution in [0.4, 0.5) is 4.79 Å². The van der Waals surface area contributed by atoms with Gasteiger partial charge in [0.1, 0.15) is 17.5 Å². The molecular formula is C31H39N3O4. The molecule has 3 aromatic rings. The first-order valence-corrected chi connectivity index (χ1v) is 13.6. The Morgan fingerprint density at radius 1 is 1.11 bits per heavy atom. The fraction of sp³-hybridized carbons (Fsp3) is 0.452. The van der Waals surface area contributed by atoms with Crippen molar-refractivity contribution in [3.8, 4) is 16.9 Å². The van der Waals surface area contributed by atoms with Gasteiger partial charge in [0.05, 0.1) is 5.52 Å². The van der Waals surface area contributed by atoms with E-state index in [2.05, 4.69) is 40.6 Å². The fourth-order valence-electron chi connectivity index (χ4n) is 4.89. The Morgan fingerprint density at radius 2 is 1.89 bits per heavy atom. The van der Waals surface area contributed by atoms with E-state index in [1.807, 2.05) is 53.7 Å². The van der Waals surface area contributed by atoms with Gasteiger partial charge in [-0.3, -0.25) is 9.78 Å². The van der Waals surface area contributed by atoms with Gasteiger partial charge in [-0.05, 0) is 86.7 Å². The van der Waals surface area contributed by atoms with Crippen LogP contribution in [-0.4, -0.2) is 46.7 Å². The number of benzene rings is 2. The number of hydrogen-bond donors (Lipinski definition) is 1. The largest absolute Gasteiger partial charge is 0.490 e. The third-order valence-electron chi connectivity index (χ3n) is 6.87. The van der Waals surface area contributed by atoms with Gasteiger partial charge in [-0.25, -0.2) is 4.79 Å². The molecule has 7 nitrogen and oxygen atoms in total. The smallest absolute Gasteiger partial charge is 0.410 e. The Morgan fingerprint density at radius 3 is 2.61 bits per heavy atom. The van der Waals surface area contributed by atoms with Crippen LogP contribution in [0.5, 0.6) is 5.75 Å². The molecular weight excluding hydrogens is 478 g/mol. The Balaban J connectivity index is 0.00000164. The van der Waals surface area contributed by atoms with Crippen molar-refractivity contribution in [1.82, 2.24) is 15.2 Å². The van der Waals surface area contributed by atoms with Crippen LogP contribution in [0.2, 0.25) is 0 Å². The van der Waals surface area contributed by atoms with Crippen molar-refractivity contribution in [2.45, 2.75) is 72.6 Å². The number of amides is 2. The van der Waals surface area contributed by atoms with Gasteiger partial charge < -0.3 is 19.7 Å². The molecule has 38 heavy (non-hydrogen) atoms. The zero-order valence-corrected chi connectivity index (χ0v) is 23.3. The molecule has 1 fully saturated rings. The van der Waals surface area contributed by atoms with E-state index in [1.54, 1.807) is 11.1 Å². The minimum atomic E-state index is -0.521. The van der Waals surface area contributed by atoms with Gasteiger partial charge in [-0.2, -0.15) is 0 Å². The molecule has 2 aromatic carbocycles. The van der Waals surface area contributed by atoms with Crippen molar-refractivity contribution in [2.75, 3.05) is 13.1 Å². The van der Waals surface area contributed by atoms with E-state index < -0.39 is 5.60 Å². The summed E-state index contributed by atoms with van der Waals surface area (Å²) < 4.78 is 12.0. The number of rotatable bonds is 4. The first kappa shape index (κ1) is 27.4. The molecule has 1 N–H and O–H groups in total. The highest BCUT2D eigenvalue weighted by atomic mass is 16.6. The van der Waals surface area contributed by atoms with Crippen LogP contribution in [0.25, 0.3) is 22.0 Å². The zero-order chi connectivity index (χ0) is 27.4. The summed E-state index contributed by atoms with van der Waals surface area (Å²) in [6, 6.07) is 14.5. The molecule has 2 aliphatic heterocycles. The molecule has 2 atom stereocenters. The summed E-state index contributed by atoms with van der Waals surface area (Å²) in [4.78, 5) is 30.7. The van der Waals surface area contributed by atoms with E-state index in [0.29, 0.717) is 26.1 Å². The second-order valence-corrected chi connectivity index (χ2v) is 10.8. The Hall–Kier alpha value is -3.61. The molecule has 0 spiro atoms. The second-order valence-electron chi connectivity index (χ2n) is 10.8. The quantitative estimate of drug-likeness (QED) is 0.451. The lowest BCUT2D eigenvalue weighted by molar-refractivity contribution is -0.119. The summed E-state index contributed by atoms with van der Waals surface area (Å²) in [5.41, 5.74) is 4.75. The van der Waals surface area contributed by atoms with E-state index in [-0.39, 0.29) is 24.0 Å². The third-order valence-corrected chi connectivity index (χ3v) is 6.87. The lowest BCUT2D eigenvalue weighted by Crippen LogP contribution is -2.39. The number of hydrogen-bond acceptors (Lipinski definition) is 5. The summed E-state index contributed by atoms with van der Waals surface area (Å²) in [7, 11) is 0. The molecule has 2 amide bonds. The average Bonchev–Trinajstić information content (AvgIpc) is 3.34. The summed E-state index contributed by atoms with van der Waals surface area (Å²) in [5, 5.41) is 3.84. The molecule has 3 heterocycles. The Labute approximate surface area is 225 Å². The summed E-state index contributed by atoms with van der Waals surface area (Å²) in [6.07, 6.45) is 2.67. The van der Waals surface area contributed by atoms with Crippen LogP contribution in [0.3, 0.4) is 0 Å².